The lowest BCUT2D eigenvalue weighted by molar-refractivity contribution is 0.0942. The Morgan fingerprint density at radius 1 is 1.21 bits per heavy atom. The highest BCUT2D eigenvalue weighted by Crippen LogP contribution is 2.42. The van der Waals surface area contributed by atoms with Gasteiger partial charge in [0.15, 0.2) is 17.3 Å². The fourth-order valence-electron chi connectivity index (χ4n) is 3.44. The zero-order chi connectivity index (χ0) is 22.9. The number of hydrogen-bond donors (Lipinski definition) is 2. The summed E-state index contributed by atoms with van der Waals surface area (Å²) in [5.41, 5.74) is 0.922. The topological polar surface area (TPSA) is 115 Å². The molecule has 9 nitrogen and oxygen atoms in total. The Hall–Kier alpha value is -3.57. The average Bonchev–Trinajstić information content (AvgIpc) is 3.45. The van der Waals surface area contributed by atoms with Crippen LogP contribution in [0, 0.1) is 0 Å². The van der Waals surface area contributed by atoms with Crippen molar-refractivity contribution >= 4 is 53.3 Å². The molecule has 5 rings (SSSR count). The number of hydrogen-bond acceptors (Lipinski definition) is 8. The molecule has 0 spiro atoms. The second-order valence-electron chi connectivity index (χ2n) is 7.17. The lowest BCUT2D eigenvalue weighted by atomic mass is 10.2. The van der Waals surface area contributed by atoms with Crippen LogP contribution in [-0.2, 0) is 13.1 Å². The minimum Gasteiger partial charge on any atom is -0.504 e. The largest absolute Gasteiger partial charge is 0.504 e. The van der Waals surface area contributed by atoms with Gasteiger partial charge < -0.3 is 15.2 Å². The first-order chi connectivity index (χ1) is 16.0. The van der Waals surface area contributed by atoms with Crippen molar-refractivity contribution in [2.24, 2.45) is 0 Å². The number of carbonyl (C=O) groups excluding carboxylic acids is 1. The van der Waals surface area contributed by atoms with E-state index < -0.39 is 5.91 Å². The molecule has 0 saturated heterocycles. The van der Waals surface area contributed by atoms with Gasteiger partial charge in [-0.25, -0.2) is 4.98 Å². The van der Waals surface area contributed by atoms with Crippen molar-refractivity contribution in [3.63, 3.8) is 0 Å². The number of carbonyl (C=O) groups is 1. The molecule has 33 heavy (non-hydrogen) atoms. The molecule has 0 radical (unpaired) electrons. The Kier molecular flexibility index (Phi) is 5.65. The first-order valence-electron chi connectivity index (χ1n) is 9.91. The van der Waals surface area contributed by atoms with E-state index in [0.717, 1.165) is 26.8 Å². The number of fused-ring (bicyclic) bond motifs is 3. The predicted molar refractivity (Wildman–Crippen MR) is 128 cm³/mol. The number of ether oxygens (including phenoxy) is 1. The maximum Gasteiger partial charge on any atom is 0.274 e. The zero-order valence-corrected chi connectivity index (χ0v) is 19.7. The van der Waals surface area contributed by atoms with Gasteiger partial charge in [-0.2, -0.15) is 4.80 Å². The Balaban J connectivity index is 1.31. The number of benzene rings is 2. The van der Waals surface area contributed by atoms with E-state index >= 15 is 0 Å². The fraction of sp³-hybridized carbons (Fsp3) is 0.136. The fourth-order valence-corrected chi connectivity index (χ4v) is 5.31. The number of aromatic nitrogens is 5. The van der Waals surface area contributed by atoms with Crippen LogP contribution < -0.4 is 10.1 Å². The molecule has 0 bridgehead atoms. The zero-order valence-electron chi connectivity index (χ0n) is 17.3. The molecule has 2 aromatic carbocycles. The molecule has 0 unspecified atom stereocenters. The third-order valence-corrected chi connectivity index (χ3v) is 6.80. The van der Waals surface area contributed by atoms with E-state index in [4.69, 9.17) is 4.74 Å². The molecule has 11 heteroatoms. The number of amides is 1. The first kappa shape index (κ1) is 21.3. The van der Waals surface area contributed by atoms with Crippen LogP contribution >= 0.6 is 27.3 Å². The van der Waals surface area contributed by atoms with E-state index in [9.17, 15) is 9.90 Å². The summed E-state index contributed by atoms with van der Waals surface area (Å²) in [5, 5.41) is 27.5. The van der Waals surface area contributed by atoms with E-state index in [1.165, 1.54) is 16.1 Å². The summed E-state index contributed by atoms with van der Waals surface area (Å²) in [6.45, 7) is 0.480. The van der Waals surface area contributed by atoms with Gasteiger partial charge in [-0.15, -0.1) is 21.5 Å². The van der Waals surface area contributed by atoms with E-state index in [2.05, 4.69) is 41.6 Å². The maximum absolute atomic E-state index is 12.8. The smallest absolute Gasteiger partial charge is 0.274 e. The van der Waals surface area contributed by atoms with Crippen LogP contribution in [0.4, 0.5) is 0 Å². The molecule has 0 aliphatic heterocycles. The van der Waals surface area contributed by atoms with Gasteiger partial charge in [0.05, 0.1) is 24.9 Å². The molecule has 3 aromatic heterocycles. The Labute approximate surface area is 200 Å². The summed E-state index contributed by atoms with van der Waals surface area (Å²) in [4.78, 5) is 18.5. The quantitative estimate of drug-likeness (QED) is 0.323. The number of tetrazole rings is 1. The van der Waals surface area contributed by atoms with Gasteiger partial charge in [0.1, 0.15) is 10.4 Å². The van der Waals surface area contributed by atoms with E-state index in [1.807, 2.05) is 48.5 Å². The van der Waals surface area contributed by atoms with Crippen molar-refractivity contribution in [3.05, 3.63) is 70.2 Å². The SMILES string of the molecule is COc1ccc(Cn2nnc(CNC(=O)c3nc(Br)c4c(sc5ccccc54)c3O)n2)cc1. The number of pyridine rings is 1. The van der Waals surface area contributed by atoms with Gasteiger partial charge in [-0.1, -0.05) is 30.3 Å². The van der Waals surface area contributed by atoms with Crippen molar-refractivity contribution in [1.82, 2.24) is 30.5 Å². The minimum atomic E-state index is -0.529. The van der Waals surface area contributed by atoms with Crippen molar-refractivity contribution in [2.45, 2.75) is 13.1 Å². The number of nitrogens with zero attached hydrogens (tertiary/aromatic N) is 5. The summed E-state index contributed by atoms with van der Waals surface area (Å²) in [7, 11) is 1.61. The van der Waals surface area contributed by atoms with Crippen LogP contribution in [-0.4, -0.2) is 43.3 Å². The number of rotatable bonds is 6. The molecular formula is C22H17BrN6O3S. The number of methoxy groups -OCH3 is 1. The predicted octanol–water partition coefficient (Wildman–Crippen LogP) is 3.89. The lowest BCUT2D eigenvalue weighted by Gasteiger charge is -2.06. The number of nitrogens with one attached hydrogen (secondary N) is 1. The van der Waals surface area contributed by atoms with Crippen LogP contribution in [0.5, 0.6) is 11.5 Å². The van der Waals surface area contributed by atoms with Crippen molar-refractivity contribution in [3.8, 4) is 11.5 Å². The molecule has 2 N–H and O–H groups in total. The molecule has 166 valence electrons. The normalized spacial score (nSPS) is 11.2. The molecule has 0 saturated carbocycles. The van der Waals surface area contributed by atoms with Gasteiger partial charge in [-0.3, -0.25) is 4.79 Å². The van der Waals surface area contributed by atoms with Gasteiger partial charge >= 0.3 is 0 Å². The second-order valence-corrected chi connectivity index (χ2v) is 8.97. The van der Waals surface area contributed by atoms with E-state index in [-0.39, 0.29) is 18.0 Å². The first-order valence-corrected chi connectivity index (χ1v) is 11.5. The average molecular weight is 525 g/mol. The molecule has 0 atom stereocenters. The third kappa shape index (κ3) is 4.12. The van der Waals surface area contributed by atoms with Crippen LogP contribution in [0.25, 0.3) is 20.2 Å². The van der Waals surface area contributed by atoms with Gasteiger partial charge in [0.2, 0.25) is 0 Å². The lowest BCUT2D eigenvalue weighted by Crippen LogP contribution is -2.24. The summed E-state index contributed by atoms with van der Waals surface area (Å²) < 4.78 is 7.26. The molecule has 0 aliphatic rings. The van der Waals surface area contributed by atoms with Crippen molar-refractivity contribution in [1.29, 1.82) is 0 Å². The standard InChI is InChI=1S/C22H17BrN6O3S/c1-32-13-8-6-12(7-9-13)11-29-27-16(26-28-29)10-24-22(31)18-19(30)20-17(21(23)25-18)14-4-2-3-5-15(14)33-20/h2-9,30H,10-11H2,1H3,(H,24,31). The van der Waals surface area contributed by atoms with Crippen LogP contribution in [0.15, 0.2) is 53.1 Å². The summed E-state index contributed by atoms with van der Waals surface area (Å²) in [6, 6.07) is 15.3. The summed E-state index contributed by atoms with van der Waals surface area (Å²) in [6.07, 6.45) is 0. The van der Waals surface area contributed by atoms with Crippen molar-refractivity contribution in [2.75, 3.05) is 7.11 Å². The molecular weight excluding hydrogens is 508 g/mol. The van der Waals surface area contributed by atoms with Crippen LogP contribution in [0.2, 0.25) is 0 Å². The summed E-state index contributed by atoms with van der Waals surface area (Å²) >= 11 is 4.86. The molecule has 3 heterocycles. The molecule has 5 aromatic rings. The number of aromatic hydroxyl groups is 1. The highest BCUT2D eigenvalue weighted by Gasteiger charge is 2.22. The third-order valence-electron chi connectivity index (χ3n) is 5.05. The van der Waals surface area contributed by atoms with Gasteiger partial charge in [-0.05, 0) is 44.9 Å². The molecule has 0 fully saturated rings. The highest BCUT2D eigenvalue weighted by molar-refractivity contribution is 9.10. The van der Waals surface area contributed by atoms with Crippen molar-refractivity contribution < 1.29 is 14.6 Å². The van der Waals surface area contributed by atoms with E-state index in [0.29, 0.717) is 21.7 Å². The number of halogens is 1. The van der Waals surface area contributed by atoms with Gasteiger partial charge in [0.25, 0.3) is 5.91 Å². The Bertz CT molecular complexity index is 1480. The second kappa shape index (κ2) is 8.75. The highest BCUT2D eigenvalue weighted by atomic mass is 79.9. The Morgan fingerprint density at radius 3 is 2.79 bits per heavy atom. The van der Waals surface area contributed by atoms with Crippen LogP contribution in [0.3, 0.4) is 0 Å². The molecule has 1 amide bonds. The minimum absolute atomic E-state index is 0.0463. The monoisotopic (exact) mass is 524 g/mol. The van der Waals surface area contributed by atoms with Gasteiger partial charge in [0, 0.05) is 15.5 Å². The van der Waals surface area contributed by atoms with E-state index in [1.54, 1.807) is 7.11 Å². The summed E-state index contributed by atoms with van der Waals surface area (Å²) in [5.74, 6) is 0.437. The Morgan fingerprint density at radius 2 is 2.00 bits per heavy atom. The molecule has 0 aliphatic carbocycles. The number of thiophene rings is 1. The van der Waals surface area contributed by atoms with Crippen LogP contribution in [0.1, 0.15) is 21.9 Å². The maximum atomic E-state index is 12.8.